The fourth-order valence-corrected chi connectivity index (χ4v) is 4.12. The highest BCUT2D eigenvalue weighted by molar-refractivity contribution is 7.99. The molecule has 0 aromatic carbocycles. The third-order valence-corrected chi connectivity index (χ3v) is 5.65. The van der Waals surface area contributed by atoms with Crippen LogP contribution in [0.25, 0.3) is 10.7 Å². The van der Waals surface area contributed by atoms with Crippen LogP contribution in [-0.4, -0.2) is 70.6 Å². The number of aromatic amines is 1. The number of aromatic nitrogens is 3. The van der Waals surface area contributed by atoms with Gasteiger partial charge in [0.1, 0.15) is 0 Å². The molecule has 9 heteroatoms. The van der Waals surface area contributed by atoms with E-state index in [1.54, 1.807) is 11.3 Å². The van der Waals surface area contributed by atoms with Gasteiger partial charge in [0.05, 0.1) is 23.3 Å². The Morgan fingerprint density at radius 3 is 3.23 bits per heavy atom. The van der Waals surface area contributed by atoms with Gasteiger partial charge in [-0.2, -0.15) is 0 Å². The number of hydrogen-bond acceptors (Lipinski definition) is 7. The van der Waals surface area contributed by atoms with Crippen molar-refractivity contribution in [1.82, 2.24) is 25.4 Å². The Bertz CT molecular complexity index is 689. The number of thioether (sulfide) groups is 1. The average Bonchev–Trinajstić information content (AvgIpc) is 3.29. The number of rotatable bonds is 8. The number of ether oxygens (including phenoxy) is 1. The maximum Gasteiger partial charge on any atom is 0.230 e. The maximum absolute atomic E-state index is 12.1. The van der Waals surface area contributed by atoms with Gasteiger partial charge in [-0.05, 0) is 17.4 Å². The molecular weight excluding hydrogens is 370 g/mol. The molecule has 1 saturated heterocycles. The number of amides is 1. The van der Waals surface area contributed by atoms with Crippen LogP contribution in [0.1, 0.15) is 13.8 Å². The first-order valence-corrected chi connectivity index (χ1v) is 10.7. The smallest absolute Gasteiger partial charge is 0.230 e. The molecule has 142 valence electrons. The summed E-state index contributed by atoms with van der Waals surface area (Å²) in [4.78, 5) is 19.9. The molecule has 0 aliphatic carbocycles. The second-order valence-electron chi connectivity index (χ2n) is 6.68. The Morgan fingerprint density at radius 1 is 1.58 bits per heavy atom. The summed E-state index contributed by atoms with van der Waals surface area (Å²) in [5.41, 5.74) is 0. The van der Waals surface area contributed by atoms with E-state index in [0.29, 0.717) is 23.4 Å². The van der Waals surface area contributed by atoms with Gasteiger partial charge in [0.15, 0.2) is 5.82 Å². The van der Waals surface area contributed by atoms with Crippen molar-refractivity contribution in [2.24, 2.45) is 5.92 Å². The third-order valence-electron chi connectivity index (χ3n) is 3.92. The van der Waals surface area contributed by atoms with Crippen molar-refractivity contribution in [3.63, 3.8) is 0 Å². The van der Waals surface area contributed by atoms with E-state index in [0.717, 1.165) is 36.9 Å². The molecule has 2 N–H and O–H groups in total. The van der Waals surface area contributed by atoms with Gasteiger partial charge < -0.3 is 10.1 Å². The lowest BCUT2D eigenvalue weighted by Crippen LogP contribution is -2.48. The van der Waals surface area contributed by atoms with E-state index < -0.39 is 0 Å². The molecule has 1 fully saturated rings. The summed E-state index contributed by atoms with van der Waals surface area (Å²) in [5.74, 6) is 1.65. The molecule has 0 saturated carbocycles. The van der Waals surface area contributed by atoms with Crippen LogP contribution in [0.3, 0.4) is 0 Å². The van der Waals surface area contributed by atoms with E-state index in [-0.39, 0.29) is 12.0 Å². The predicted octanol–water partition coefficient (Wildman–Crippen LogP) is 2.10. The SMILES string of the molecule is CC(C)CN1CCOC(CNC(=O)CSc2n[nH]c(-c3cccs3)n2)C1. The third kappa shape index (κ3) is 5.80. The largest absolute Gasteiger partial charge is 0.374 e. The summed E-state index contributed by atoms with van der Waals surface area (Å²) in [7, 11) is 0. The molecule has 1 aliphatic heterocycles. The molecule has 7 nitrogen and oxygen atoms in total. The molecule has 3 rings (SSSR count). The van der Waals surface area contributed by atoms with Crippen molar-refractivity contribution in [3.05, 3.63) is 17.5 Å². The number of carbonyl (C=O) groups is 1. The molecule has 1 unspecified atom stereocenters. The Labute approximate surface area is 161 Å². The first kappa shape index (κ1) is 19.3. The van der Waals surface area contributed by atoms with Gasteiger partial charge in [-0.15, -0.1) is 16.4 Å². The minimum absolute atomic E-state index is 0.0259. The second kappa shape index (κ2) is 9.50. The fourth-order valence-electron chi connectivity index (χ4n) is 2.83. The normalized spacial score (nSPS) is 18.3. The summed E-state index contributed by atoms with van der Waals surface area (Å²) >= 11 is 2.93. The zero-order valence-corrected chi connectivity index (χ0v) is 16.7. The minimum atomic E-state index is -0.0259. The van der Waals surface area contributed by atoms with E-state index in [2.05, 4.69) is 39.2 Å². The first-order chi connectivity index (χ1) is 12.6. The van der Waals surface area contributed by atoms with Crippen molar-refractivity contribution in [3.8, 4) is 10.7 Å². The summed E-state index contributed by atoms with van der Waals surface area (Å²) in [6.07, 6.45) is 0.0605. The summed E-state index contributed by atoms with van der Waals surface area (Å²) in [6.45, 7) is 8.62. The van der Waals surface area contributed by atoms with Crippen LogP contribution in [0, 0.1) is 5.92 Å². The lowest BCUT2D eigenvalue weighted by atomic mass is 10.2. The van der Waals surface area contributed by atoms with E-state index >= 15 is 0 Å². The first-order valence-electron chi connectivity index (χ1n) is 8.80. The zero-order chi connectivity index (χ0) is 18.4. The van der Waals surface area contributed by atoms with Gasteiger partial charge in [-0.3, -0.25) is 14.8 Å². The van der Waals surface area contributed by atoms with Crippen molar-refractivity contribution in [1.29, 1.82) is 0 Å². The lowest BCUT2D eigenvalue weighted by Gasteiger charge is -2.33. The van der Waals surface area contributed by atoms with Gasteiger partial charge in [0, 0.05) is 26.2 Å². The number of hydrogen-bond donors (Lipinski definition) is 2. The fraction of sp³-hybridized carbons (Fsp3) is 0.588. The molecule has 26 heavy (non-hydrogen) atoms. The van der Waals surface area contributed by atoms with Crippen LogP contribution in [0.5, 0.6) is 0 Å². The van der Waals surface area contributed by atoms with Crippen LogP contribution in [-0.2, 0) is 9.53 Å². The maximum atomic E-state index is 12.1. The van der Waals surface area contributed by atoms with Gasteiger partial charge in [0.25, 0.3) is 0 Å². The Morgan fingerprint density at radius 2 is 2.46 bits per heavy atom. The Hall–Kier alpha value is -1.42. The number of nitrogens with one attached hydrogen (secondary N) is 2. The van der Waals surface area contributed by atoms with E-state index in [1.807, 2.05) is 17.5 Å². The highest BCUT2D eigenvalue weighted by Gasteiger charge is 2.21. The molecular formula is C17H25N5O2S2. The monoisotopic (exact) mass is 395 g/mol. The molecule has 2 aromatic heterocycles. The highest BCUT2D eigenvalue weighted by atomic mass is 32.2. The standard InChI is InChI=1S/C17H25N5O2S2/c1-12(2)9-22-5-6-24-13(10-22)8-18-15(23)11-26-17-19-16(20-21-17)14-4-3-7-25-14/h3-4,7,12-13H,5-6,8-11H2,1-2H3,(H,18,23)(H,19,20,21). The van der Waals surface area contributed by atoms with E-state index in [9.17, 15) is 4.79 Å². The molecule has 0 spiro atoms. The van der Waals surface area contributed by atoms with Crippen LogP contribution < -0.4 is 5.32 Å². The average molecular weight is 396 g/mol. The van der Waals surface area contributed by atoms with Crippen molar-refractivity contribution in [2.45, 2.75) is 25.1 Å². The Kier molecular flexibility index (Phi) is 7.07. The number of thiophene rings is 1. The van der Waals surface area contributed by atoms with Gasteiger partial charge >= 0.3 is 0 Å². The van der Waals surface area contributed by atoms with E-state index in [1.165, 1.54) is 11.8 Å². The molecule has 0 radical (unpaired) electrons. The van der Waals surface area contributed by atoms with Gasteiger partial charge in [0.2, 0.25) is 11.1 Å². The quantitative estimate of drug-likeness (QED) is 0.666. The van der Waals surface area contributed by atoms with Crippen LogP contribution in [0.2, 0.25) is 0 Å². The van der Waals surface area contributed by atoms with Crippen LogP contribution >= 0.6 is 23.1 Å². The van der Waals surface area contributed by atoms with Crippen LogP contribution in [0.15, 0.2) is 22.7 Å². The lowest BCUT2D eigenvalue weighted by molar-refractivity contribution is -0.119. The number of morpholine rings is 1. The number of nitrogens with zero attached hydrogens (tertiary/aromatic N) is 3. The topological polar surface area (TPSA) is 83.1 Å². The van der Waals surface area contributed by atoms with Gasteiger partial charge in [-0.25, -0.2) is 4.98 Å². The zero-order valence-electron chi connectivity index (χ0n) is 15.1. The second-order valence-corrected chi connectivity index (χ2v) is 8.57. The summed E-state index contributed by atoms with van der Waals surface area (Å²) < 4.78 is 5.76. The molecule has 1 amide bonds. The van der Waals surface area contributed by atoms with Crippen LogP contribution in [0.4, 0.5) is 0 Å². The van der Waals surface area contributed by atoms with E-state index in [4.69, 9.17) is 4.74 Å². The van der Waals surface area contributed by atoms with Crippen molar-refractivity contribution < 1.29 is 9.53 Å². The molecule has 2 aromatic rings. The molecule has 3 heterocycles. The predicted molar refractivity (Wildman–Crippen MR) is 104 cm³/mol. The summed E-state index contributed by atoms with van der Waals surface area (Å²) in [6, 6.07) is 3.96. The number of carbonyl (C=O) groups excluding carboxylic acids is 1. The summed E-state index contributed by atoms with van der Waals surface area (Å²) in [5, 5.41) is 12.6. The Balaban J connectivity index is 1.38. The van der Waals surface area contributed by atoms with Crippen molar-refractivity contribution >= 4 is 29.0 Å². The molecule has 1 atom stereocenters. The van der Waals surface area contributed by atoms with Gasteiger partial charge in [-0.1, -0.05) is 31.7 Å². The molecule has 0 bridgehead atoms. The van der Waals surface area contributed by atoms with Crippen molar-refractivity contribution in [2.75, 3.05) is 38.5 Å². The highest BCUT2D eigenvalue weighted by Crippen LogP contribution is 2.23. The minimum Gasteiger partial charge on any atom is -0.374 e. The number of H-pyrrole nitrogens is 1. The molecule has 1 aliphatic rings.